The molecule has 0 saturated carbocycles. The Hall–Kier alpha value is -3.48. The Morgan fingerprint density at radius 1 is 0.962 bits per heavy atom. The normalized spacial score (nSPS) is 10.3. The Balaban J connectivity index is 1.72. The number of aryl methyl sites for hydroxylation is 2. The fraction of sp³-hybridized carbons (Fsp3) is 0.158. The number of nitrogens with zero attached hydrogens (tertiary/aromatic N) is 3. The van der Waals surface area contributed by atoms with Gasteiger partial charge in [-0.25, -0.2) is 0 Å². The number of amides is 1. The first-order valence-electron chi connectivity index (χ1n) is 8.18. The van der Waals surface area contributed by atoms with Crippen LogP contribution in [0, 0.1) is 13.8 Å². The summed E-state index contributed by atoms with van der Waals surface area (Å²) in [6.07, 6.45) is 1.57. The number of aromatic nitrogens is 3. The molecule has 0 unspecified atom stereocenters. The second-order valence-corrected chi connectivity index (χ2v) is 5.99. The summed E-state index contributed by atoms with van der Waals surface area (Å²) in [4.78, 5) is 15.5. The lowest BCUT2D eigenvalue weighted by molar-refractivity contribution is -0.114. The van der Waals surface area contributed by atoms with Crippen LogP contribution >= 0.6 is 0 Å². The second kappa shape index (κ2) is 7.60. The fourth-order valence-corrected chi connectivity index (χ4v) is 2.48. The van der Waals surface area contributed by atoms with E-state index in [1.165, 1.54) is 12.5 Å². The lowest BCUT2D eigenvalue weighted by Crippen LogP contribution is -2.06. The summed E-state index contributed by atoms with van der Waals surface area (Å²) < 4.78 is 0. The van der Waals surface area contributed by atoms with E-state index in [1.807, 2.05) is 31.2 Å². The van der Waals surface area contributed by atoms with Crippen LogP contribution in [0.15, 0.2) is 48.7 Å². The molecule has 0 saturated heterocycles. The molecule has 0 radical (unpaired) electrons. The Labute approximate surface area is 151 Å². The summed E-state index contributed by atoms with van der Waals surface area (Å²) in [5, 5.41) is 17.1. The molecule has 132 valence electrons. The average Bonchev–Trinajstić information content (AvgIpc) is 2.59. The highest BCUT2D eigenvalue weighted by Gasteiger charge is 2.04. The van der Waals surface area contributed by atoms with E-state index in [-0.39, 0.29) is 5.91 Å². The van der Waals surface area contributed by atoms with Gasteiger partial charge >= 0.3 is 0 Å². The van der Waals surface area contributed by atoms with Crippen LogP contribution in [0.4, 0.5) is 28.8 Å². The summed E-state index contributed by atoms with van der Waals surface area (Å²) >= 11 is 0. The molecule has 0 aliphatic heterocycles. The van der Waals surface area contributed by atoms with Crippen LogP contribution in [0.1, 0.15) is 18.1 Å². The van der Waals surface area contributed by atoms with Gasteiger partial charge in [0.15, 0.2) is 5.82 Å². The predicted octanol–water partition coefficient (Wildman–Crippen LogP) is 3.93. The van der Waals surface area contributed by atoms with E-state index >= 15 is 0 Å². The van der Waals surface area contributed by atoms with Crippen molar-refractivity contribution in [1.82, 2.24) is 15.2 Å². The Morgan fingerprint density at radius 3 is 2.38 bits per heavy atom. The molecule has 7 nitrogen and oxygen atoms in total. The lowest BCUT2D eigenvalue weighted by Gasteiger charge is -2.10. The van der Waals surface area contributed by atoms with Crippen LogP contribution in [0.25, 0.3) is 0 Å². The highest BCUT2D eigenvalue weighted by molar-refractivity contribution is 5.88. The fourth-order valence-electron chi connectivity index (χ4n) is 2.48. The first-order valence-corrected chi connectivity index (χ1v) is 8.18. The Morgan fingerprint density at radius 2 is 1.69 bits per heavy atom. The molecule has 3 aromatic rings. The highest BCUT2D eigenvalue weighted by atomic mass is 16.1. The molecule has 0 fully saturated rings. The summed E-state index contributed by atoms with van der Waals surface area (Å²) in [6, 6.07) is 13.4. The summed E-state index contributed by atoms with van der Waals surface area (Å²) in [5.41, 5.74) is 4.84. The molecule has 1 amide bonds. The van der Waals surface area contributed by atoms with Crippen molar-refractivity contribution in [1.29, 1.82) is 0 Å². The zero-order valence-electron chi connectivity index (χ0n) is 14.9. The predicted molar refractivity (Wildman–Crippen MR) is 103 cm³/mol. The number of carbonyl (C=O) groups excluding carboxylic acids is 1. The maximum absolute atomic E-state index is 11.1. The van der Waals surface area contributed by atoms with Crippen molar-refractivity contribution in [2.45, 2.75) is 20.8 Å². The summed E-state index contributed by atoms with van der Waals surface area (Å²) in [5.74, 6) is 0.875. The standard InChI is InChI=1S/C19H20N6O/c1-12-4-9-17(13(2)10-12)23-18-11-20-25-19(24-18)22-16-7-5-15(6-8-16)21-14(3)26/h4-11H,1-3H3,(H,21,26)(H2,22,23,24,25). The molecule has 2 aromatic carbocycles. The van der Waals surface area contributed by atoms with E-state index < -0.39 is 0 Å². The Bertz CT molecular complexity index is 924. The van der Waals surface area contributed by atoms with Gasteiger partial charge in [-0.05, 0) is 49.7 Å². The van der Waals surface area contributed by atoms with Crippen molar-refractivity contribution in [3.8, 4) is 0 Å². The molecule has 3 N–H and O–H groups in total. The molecule has 1 heterocycles. The van der Waals surface area contributed by atoms with Crippen molar-refractivity contribution < 1.29 is 4.79 Å². The van der Waals surface area contributed by atoms with E-state index in [2.05, 4.69) is 44.1 Å². The Kier molecular flexibility index (Phi) is 5.07. The number of nitrogens with one attached hydrogen (secondary N) is 3. The van der Waals surface area contributed by atoms with Gasteiger partial charge in [0.25, 0.3) is 0 Å². The molecule has 7 heteroatoms. The first-order chi connectivity index (χ1) is 12.5. The molecule has 0 atom stereocenters. The van der Waals surface area contributed by atoms with Crippen molar-refractivity contribution in [2.75, 3.05) is 16.0 Å². The SMILES string of the molecule is CC(=O)Nc1ccc(Nc2nncc(Nc3ccc(C)cc3C)n2)cc1. The van der Waals surface area contributed by atoms with E-state index in [4.69, 9.17) is 0 Å². The molecule has 0 bridgehead atoms. The van der Waals surface area contributed by atoms with Crippen molar-refractivity contribution in [3.63, 3.8) is 0 Å². The minimum absolute atomic E-state index is 0.108. The van der Waals surface area contributed by atoms with Gasteiger partial charge in [-0.3, -0.25) is 4.79 Å². The zero-order valence-corrected chi connectivity index (χ0v) is 14.9. The van der Waals surface area contributed by atoms with Gasteiger partial charge in [-0.2, -0.15) is 10.1 Å². The minimum atomic E-state index is -0.108. The summed E-state index contributed by atoms with van der Waals surface area (Å²) in [7, 11) is 0. The smallest absolute Gasteiger partial charge is 0.249 e. The maximum Gasteiger partial charge on any atom is 0.249 e. The van der Waals surface area contributed by atoms with Crippen LogP contribution in [0.3, 0.4) is 0 Å². The minimum Gasteiger partial charge on any atom is -0.339 e. The maximum atomic E-state index is 11.1. The number of hydrogen-bond donors (Lipinski definition) is 3. The number of anilines is 5. The van der Waals surface area contributed by atoms with E-state index in [1.54, 1.807) is 18.3 Å². The quantitative estimate of drug-likeness (QED) is 0.647. The van der Waals surface area contributed by atoms with Crippen LogP contribution < -0.4 is 16.0 Å². The highest BCUT2D eigenvalue weighted by Crippen LogP contribution is 2.21. The van der Waals surface area contributed by atoms with Crippen LogP contribution in [0.2, 0.25) is 0 Å². The van der Waals surface area contributed by atoms with E-state index in [0.29, 0.717) is 11.8 Å². The molecular weight excluding hydrogens is 328 g/mol. The largest absolute Gasteiger partial charge is 0.339 e. The van der Waals surface area contributed by atoms with E-state index in [0.717, 1.165) is 22.6 Å². The molecule has 1 aromatic heterocycles. The lowest BCUT2D eigenvalue weighted by atomic mass is 10.1. The van der Waals surface area contributed by atoms with Gasteiger partial charge in [-0.15, -0.1) is 5.10 Å². The molecule has 0 aliphatic carbocycles. The molecular formula is C19H20N6O. The molecule has 3 rings (SSSR count). The van der Waals surface area contributed by atoms with Crippen LogP contribution in [-0.4, -0.2) is 21.1 Å². The second-order valence-electron chi connectivity index (χ2n) is 5.99. The topological polar surface area (TPSA) is 91.8 Å². The third-order valence-electron chi connectivity index (χ3n) is 3.66. The van der Waals surface area contributed by atoms with Crippen molar-refractivity contribution in [3.05, 3.63) is 59.8 Å². The zero-order chi connectivity index (χ0) is 18.5. The number of rotatable bonds is 5. The first kappa shape index (κ1) is 17.3. The van der Waals surface area contributed by atoms with Crippen molar-refractivity contribution in [2.24, 2.45) is 0 Å². The van der Waals surface area contributed by atoms with Gasteiger partial charge in [-0.1, -0.05) is 17.7 Å². The van der Waals surface area contributed by atoms with Crippen LogP contribution in [-0.2, 0) is 4.79 Å². The van der Waals surface area contributed by atoms with Gasteiger partial charge in [0.05, 0.1) is 6.20 Å². The van der Waals surface area contributed by atoms with E-state index in [9.17, 15) is 4.79 Å². The summed E-state index contributed by atoms with van der Waals surface area (Å²) in [6.45, 7) is 5.57. The average molecular weight is 348 g/mol. The van der Waals surface area contributed by atoms with Crippen molar-refractivity contribution >= 4 is 34.7 Å². The van der Waals surface area contributed by atoms with Gasteiger partial charge < -0.3 is 16.0 Å². The monoisotopic (exact) mass is 348 g/mol. The van der Waals surface area contributed by atoms with Gasteiger partial charge in [0, 0.05) is 24.0 Å². The third kappa shape index (κ3) is 4.54. The number of carbonyl (C=O) groups is 1. The van der Waals surface area contributed by atoms with Gasteiger partial charge in [0.1, 0.15) is 0 Å². The third-order valence-corrected chi connectivity index (χ3v) is 3.66. The van der Waals surface area contributed by atoms with Gasteiger partial charge in [0.2, 0.25) is 11.9 Å². The molecule has 0 aliphatic rings. The number of hydrogen-bond acceptors (Lipinski definition) is 6. The number of benzene rings is 2. The molecule has 26 heavy (non-hydrogen) atoms. The molecule has 0 spiro atoms. The van der Waals surface area contributed by atoms with Crippen LogP contribution in [0.5, 0.6) is 0 Å².